The lowest BCUT2D eigenvalue weighted by Gasteiger charge is -2.24. The highest BCUT2D eigenvalue weighted by Crippen LogP contribution is 2.20. The molecule has 0 bridgehead atoms. The summed E-state index contributed by atoms with van der Waals surface area (Å²) in [7, 11) is 0. The van der Waals surface area contributed by atoms with Crippen LogP contribution in [0.25, 0.3) is 0 Å². The Morgan fingerprint density at radius 2 is 2.13 bits per heavy atom. The Kier molecular flexibility index (Phi) is 5.57. The summed E-state index contributed by atoms with van der Waals surface area (Å²) < 4.78 is 5.43. The van der Waals surface area contributed by atoms with Crippen molar-refractivity contribution in [2.75, 3.05) is 19.6 Å². The largest absolute Gasteiger partial charge is 0.444 e. The number of amides is 1. The number of hydrogen-bond acceptors (Lipinski definition) is 5. The van der Waals surface area contributed by atoms with Crippen molar-refractivity contribution in [2.45, 2.75) is 52.7 Å². The molecule has 1 aromatic heterocycles. The lowest BCUT2D eigenvalue weighted by Crippen LogP contribution is -2.36. The van der Waals surface area contributed by atoms with Gasteiger partial charge in [-0.2, -0.15) is 0 Å². The van der Waals surface area contributed by atoms with E-state index in [2.05, 4.69) is 22.2 Å². The van der Waals surface area contributed by atoms with Gasteiger partial charge in [-0.05, 0) is 47.0 Å². The van der Waals surface area contributed by atoms with Gasteiger partial charge in [-0.15, -0.1) is 0 Å². The maximum Gasteiger partial charge on any atom is 0.410 e. The lowest BCUT2D eigenvalue weighted by atomic mass is 10.1. The minimum absolute atomic E-state index is 0.152. The summed E-state index contributed by atoms with van der Waals surface area (Å²) in [4.78, 5) is 22.6. The van der Waals surface area contributed by atoms with E-state index in [1.54, 1.807) is 17.3 Å². The first-order chi connectivity index (χ1) is 10.8. The number of nitrogens with one attached hydrogen (secondary N) is 1. The van der Waals surface area contributed by atoms with Crippen molar-refractivity contribution < 1.29 is 9.53 Å². The molecule has 1 aliphatic heterocycles. The predicted molar refractivity (Wildman–Crippen MR) is 89.1 cm³/mol. The Bertz CT molecular complexity index is 542. The van der Waals surface area contributed by atoms with Crippen LogP contribution in [0.15, 0.2) is 12.4 Å². The van der Waals surface area contributed by atoms with E-state index in [-0.39, 0.29) is 12.1 Å². The SMILES string of the molecule is Cc1nccnc1C(C)NCC1CCN(C(=O)OC(C)(C)C)C1. The number of carbonyl (C=O) groups is 1. The summed E-state index contributed by atoms with van der Waals surface area (Å²) in [5.74, 6) is 0.446. The van der Waals surface area contributed by atoms with Crippen molar-refractivity contribution >= 4 is 6.09 Å². The molecular weight excluding hydrogens is 292 g/mol. The zero-order chi connectivity index (χ0) is 17.0. The van der Waals surface area contributed by atoms with E-state index < -0.39 is 5.60 Å². The molecule has 2 heterocycles. The number of rotatable bonds is 4. The third-order valence-electron chi connectivity index (χ3n) is 3.98. The van der Waals surface area contributed by atoms with E-state index in [0.717, 1.165) is 37.4 Å². The standard InChI is InChI=1S/C17H28N4O2/c1-12-15(19-8-7-18-12)13(2)20-10-14-6-9-21(11-14)16(22)23-17(3,4)5/h7-8,13-14,20H,6,9-11H2,1-5H3. The van der Waals surface area contributed by atoms with Crippen LogP contribution in [0.3, 0.4) is 0 Å². The fraction of sp³-hybridized carbons (Fsp3) is 0.706. The number of carbonyl (C=O) groups excluding carboxylic acids is 1. The van der Waals surface area contributed by atoms with Gasteiger partial charge < -0.3 is 15.0 Å². The molecule has 2 unspecified atom stereocenters. The number of likely N-dealkylation sites (tertiary alicyclic amines) is 1. The molecule has 1 aliphatic rings. The summed E-state index contributed by atoms with van der Waals surface area (Å²) in [6.07, 6.45) is 4.22. The van der Waals surface area contributed by atoms with Gasteiger partial charge in [0.1, 0.15) is 5.60 Å². The highest BCUT2D eigenvalue weighted by atomic mass is 16.6. The average Bonchev–Trinajstić information content (AvgIpc) is 2.92. The Morgan fingerprint density at radius 1 is 1.43 bits per heavy atom. The van der Waals surface area contributed by atoms with Crippen LogP contribution in [0, 0.1) is 12.8 Å². The summed E-state index contributed by atoms with van der Waals surface area (Å²) in [5, 5.41) is 3.51. The molecule has 0 saturated carbocycles. The van der Waals surface area contributed by atoms with Crippen LogP contribution in [0.4, 0.5) is 4.79 Å². The first-order valence-electron chi connectivity index (χ1n) is 8.25. The first-order valence-corrected chi connectivity index (χ1v) is 8.25. The zero-order valence-electron chi connectivity index (χ0n) is 14.8. The molecule has 1 amide bonds. The van der Waals surface area contributed by atoms with Gasteiger partial charge in [0, 0.05) is 38.1 Å². The maximum absolute atomic E-state index is 12.1. The number of hydrogen-bond donors (Lipinski definition) is 1. The van der Waals surface area contributed by atoms with E-state index in [0.29, 0.717) is 5.92 Å². The fourth-order valence-corrected chi connectivity index (χ4v) is 2.78. The minimum Gasteiger partial charge on any atom is -0.444 e. The second-order valence-electron chi connectivity index (χ2n) is 7.24. The number of nitrogens with zero attached hydrogens (tertiary/aromatic N) is 3. The molecule has 1 aromatic rings. The van der Waals surface area contributed by atoms with Crippen LogP contribution < -0.4 is 5.32 Å². The summed E-state index contributed by atoms with van der Waals surface area (Å²) >= 11 is 0. The predicted octanol–water partition coefficient (Wildman–Crippen LogP) is 2.69. The van der Waals surface area contributed by atoms with Crippen LogP contribution in [-0.4, -0.2) is 46.2 Å². The maximum atomic E-state index is 12.1. The third kappa shape index (κ3) is 5.16. The van der Waals surface area contributed by atoms with E-state index in [9.17, 15) is 4.79 Å². The summed E-state index contributed by atoms with van der Waals surface area (Å²) in [6.45, 7) is 12.1. The van der Waals surface area contributed by atoms with Gasteiger partial charge in [0.2, 0.25) is 0 Å². The first kappa shape index (κ1) is 17.7. The van der Waals surface area contributed by atoms with Gasteiger partial charge in [-0.1, -0.05) is 0 Å². The van der Waals surface area contributed by atoms with Crippen LogP contribution >= 0.6 is 0 Å². The van der Waals surface area contributed by atoms with Crippen molar-refractivity contribution in [1.82, 2.24) is 20.2 Å². The molecule has 1 N–H and O–H groups in total. The van der Waals surface area contributed by atoms with Crippen molar-refractivity contribution in [1.29, 1.82) is 0 Å². The highest BCUT2D eigenvalue weighted by molar-refractivity contribution is 5.68. The Labute approximate surface area is 138 Å². The molecule has 23 heavy (non-hydrogen) atoms. The molecule has 0 radical (unpaired) electrons. The van der Waals surface area contributed by atoms with Gasteiger partial charge in [0.05, 0.1) is 11.4 Å². The quantitative estimate of drug-likeness (QED) is 0.924. The van der Waals surface area contributed by atoms with Crippen LogP contribution in [0.1, 0.15) is 51.5 Å². The monoisotopic (exact) mass is 320 g/mol. The molecule has 0 spiro atoms. The van der Waals surface area contributed by atoms with E-state index in [1.165, 1.54) is 0 Å². The number of ether oxygens (including phenoxy) is 1. The van der Waals surface area contributed by atoms with Crippen LogP contribution in [-0.2, 0) is 4.74 Å². The molecule has 128 valence electrons. The van der Waals surface area contributed by atoms with Gasteiger partial charge in [-0.25, -0.2) is 4.79 Å². The van der Waals surface area contributed by atoms with Crippen molar-refractivity contribution in [3.63, 3.8) is 0 Å². The van der Waals surface area contributed by atoms with Crippen molar-refractivity contribution in [2.24, 2.45) is 5.92 Å². The minimum atomic E-state index is -0.439. The molecule has 1 fully saturated rings. The molecule has 0 aliphatic carbocycles. The summed E-state index contributed by atoms with van der Waals surface area (Å²) in [5.41, 5.74) is 1.50. The molecule has 0 aromatic carbocycles. The van der Waals surface area contributed by atoms with E-state index in [4.69, 9.17) is 4.74 Å². The topological polar surface area (TPSA) is 67.4 Å². The summed E-state index contributed by atoms with van der Waals surface area (Å²) in [6, 6.07) is 0.152. The Hall–Kier alpha value is -1.69. The van der Waals surface area contributed by atoms with Crippen LogP contribution in [0.2, 0.25) is 0 Å². The van der Waals surface area contributed by atoms with Gasteiger partial charge in [-0.3, -0.25) is 9.97 Å². The Balaban J connectivity index is 1.80. The molecule has 2 rings (SSSR count). The van der Waals surface area contributed by atoms with Gasteiger partial charge >= 0.3 is 6.09 Å². The van der Waals surface area contributed by atoms with Crippen molar-refractivity contribution in [3.05, 3.63) is 23.8 Å². The van der Waals surface area contributed by atoms with Crippen molar-refractivity contribution in [3.8, 4) is 0 Å². The molecule has 1 saturated heterocycles. The lowest BCUT2D eigenvalue weighted by molar-refractivity contribution is 0.0288. The number of aromatic nitrogens is 2. The average molecular weight is 320 g/mol. The van der Waals surface area contributed by atoms with Gasteiger partial charge in [0.25, 0.3) is 0 Å². The zero-order valence-corrected chi connectivity index (χ0v) is 14.8. The smallest absolute Gasteiger partial charge is 0.410 e. The number of aryl methyl sites for hydroxylation is 1. The third-order valence-corrected chi connectivity index (χ3v) is 3.98. The molecule has 6 heteroatoms. The molecular formula is C17H28N4O2. The van der Waals surface area contributed by atoms with E-state index in [1.807, 2.05) is 27.7 Å². The highest BCUT2D eigenvalue weighted by Gasteiger charge is 2.29. The normalized spacial score (nSPS) is 19.7. The van der Waals surface area contributed by atoms with Crippen LogP contribution in [0.5, 0.6) is 0 Å². The second-order valence-corrected chi connectivity index (χ2v) is 7.24. The molecule has 2 atom stereocenters. The Morgan fingerprint density at radius 3 is 2.78 bits per heavy atom. The fourth-order valence-electron chi connectivity index (χ4n) is 2.78. The molecule has 6 nitrogen and oxygen atoms in total. The van der Waals surface area contributed by atoms with Gasteiger partial charge in [0.15, 0.2) is 0 Å². The van der Waals surface area contributed by atoms with E-state index >= 15 is 0 Å². The second kappa shape index (κ2) is 7.25.